The van der Waals surface area contributed by atoms with Crippen LogP contribution in [0.5, 0.6) is 0 Å². The van der Waals surface area contributed by atoms with Crippen LogP contribution in [0.2, 0.25) is 0 Å². The molecule has 13 nitrogen and oxygen atoms in total. The molecule has 7 atom stereocenters. The van der Waals surface area contributed by atoms with Gasteiger partial charge < -0.3 is 38.9 Å². The van der Waals surface area contributed by atoms with Crippen molar-refractivity contribution in [3.8, 4) is 0 Å². The number of carbonyl (C=O) groups excluding carboxylic acids is 2. The molecule has 0 spiro atoms. The smallest absolute Gasteiger partial charge is 0.462 e. The van der Waals surface area contributed by atoms with Crippen molar-refractivity contribution < 1.29 is 62.1 Å². The van der Waals surface area contributed by atoms with E-state index in [1.807, 2.05) is 33.3 Å². The van der Waals surface area contributed by atoms with Crippen molar-refractivity contribution in [3.05, 3.63) is 24.3 Å². The van der Waals surface area contributed by atoms with E-state index in [0.29, 0.717) is 43.1 Å². The SMILES string of the molecule is CCCCCCCCCCCCCCCCCCCCCC(=O)OC[C@H](COP(=O)(O)OCC[N+](C)(C)C)OC(=O)CCC/C=C\C[C@H]1[C@@H](O)CC(O)O[C@@H]1/C=C/[C@@H](O)CCCCC. The quantitative estimate of drug-likeness (QED) is 0.0150. The number of likely N-dealkylation sites (N-methyl/N-ethyl adjacent to an activating group) is 1. The lowest BCUT2D eigenvalue weighted by molar-refractivity contribution is -0.870. The van der Waals surface area contributed by atoms with E-state index < -0.39 is 57.1 Å². The molecule has 0 aliphatic carbocycles. The summed E-state index contributed by atoms with van der Waals surface area (Å²) >= 11 is 0. The summed E-state index contributed by atoms with van der Waals surface area (Å²) in [4.78, 5) is 35.7. The van der Waals surface area contributed by atoms with E-state index in [9.17, 15) is 34.4 Å². The maximum Gasteiger partial charge on any atom is 0.472 e. The van der Waals surface area contributed by atoms with Gasteiger partial charge in [0.2, 0.25) is 0 Å². The first-order chi connectivity index (χ1) is 30.7. The molecule has 0 aromatic carbocycles. The minimum absolute atomic E-state index is 0.0159. The van der Waals surface area contributed by atoms with E-state index in [1.54, 1.807) is 12.2 Å². The molecule has 1 saturated heterocycles. The molecule has 1 aliphatic rings. The Morgan fingerprint density at radius 3 is 1.81 bits per heavy atom. The van der Waals surface area contributed by atoms with Crippen LogP contribution in [0.1, 0.15) is 200 Å². The Kier molecular flexibility index (Phi) is 36.1. The Morgan fingerprint density at radius 2 is 1.25 bits per heavy atom. The van der Waals surface area contributed by atoms with Gasteiger partial charge in [0.25, 0.3) is 0 Å². The lowest BCUT2D eigenvalue weighted by Gasteiger charge is -2.36. The highest BCUT2D eigenvalue weighted by Gasteiger charge is 2.35. The summed E-state index contributed by atoms with van der Waals surface area (Å²) in [5.41, 5.74) is 0. The molecular weight excluding hydrogens is 838 g/mol. The number of hydrogen-bond acceptors (Lipinski definition) is 11. The van der Waals surface area contributed by atoms with Gasteiger partial charge in [-0.25, -0.2) is 4.57 Å². The summed E-state index contributed by atoms with van der Waals surface area (Å²) in [5, 5.41) is 31.1. The first-order valence-corrected chi connectivity index (χ1v) is 27.0. The zero-order chi connectivity index (χ0) is 47.3. The number of esters is 2. The molecule has 2 unspecified atom stereocenters. The van der Waals surface area contributed by atoms with E-state index in [1.165, 1.54) is 96.3 Å². The summed E-state index contributed by atoms with van der Waals surface area (Å²) < 4.78 is 40.1. The topological polar surface area (TPSA) is 178 Å². The number of phosphoric ester groups is 1. The number of aliphatic hydroxyl groups is 3. The number of hydrogen-bond donors (Lipinski definition) is 4. The molecule has 1 heterocycles. The van der Waals surface area contributed by atoms with Crippen molar-refractivity contribution in [1.29, 1.82) is 0 Å². The van der Waals surface area contributed by atoms with Crippen molar-refractivity contribution in [2.75, 3.05) is 47.5 Å². The van der Waals surface area contributed by atoms with Crippen LogP contribution in [0.3, 0.4) is 0 Å². The average molecular weight is 933 g/mol. The third kappa shape index (κ3) is 35.5. The predicted octanol–water partition coefficient (Wildman–Crippen LogP) is 10.8. The van der Waals surface area contributed by atoms with Gasteiger partial charge in [0.1, 0.15) is 19.8 Å². The van der Waals surface area contributed by atoms with Crippen molar-refractivity contribution in [2.45, 2.75) is 231 Å². The molecule has 0 aromatic heterocycles. The normalized spacial score (nSPS) is 20.1. The third-order valence-corrected chi connectivity index (χ3v) is 12.8. The number of rotatable bonds is 42. The second-order valence-corrected chi connectivity index (χ2v) is 20.5. The zero-order valence-electron chi connectivity index (χ0n) is 41.1. The largest absolute Gasteiger partial charge is 0.472 e. The monoisotopic (exact) mass is 933 g/mol. The highest BCUT2D eigenvalue weighted by atomic mass is 31.2. The second-order valence-electron chi connectivity index (χ2n) is 19.1. The number of ether oxygens (including phenoxy) is 3. The third-order valence-electron chi connectivity index (χ3n) is 11.8. The molecule has 4 N–H and O–H groups in total. The highest BCUT2D eigenvalue weighted by molar-refractivity contribution is 7.47. The van der Waals surface area contributed by atoms with Gasteiger partial charge in [-0.2, -0.15) is 0 Å². The van der Waals surface area contributed by atoms with Crippen LogP contribution in [0.15, 0.2) is 24.3 Å². The Labute approximate surface area is 389 Å². The lowest BCUT2D eigenvalue weighted by atomic mass is 9.87. The fraction of sp³-hybridized carbons (Fsp3) is 0.880. The van der Waals surface area contributed by atoms with Gasteiger partial charge in [0.05, 0.1) is 46.1 Å². The van der Waals surface area contributed by atoms with Crippen LogP contribution in [0.25, 0.3) is 0 Å². The van der Waals surface area contributed by atoms with E-state index in [0.717, 1.165) is 38.5 Å². The van der Waals surface area contributed by atoms with Gasteiger partial charge in [0.15, 0.2) is 12.4 Å². The molecule has 1 fully saturated rings. The molecule has 376 valence electrons. The summed E-state index contributed by atoms with van der Waals surface area (Å²) in [7, 11) is 1.32. The number of quaternary nitrogens is 1. The van der Waals surface area contributed by atoms with Crippen LogP contribution in [-0.4, -0.2) is 115 Å². The van der Waals surface area contributed by atoms with Gasteiger partial charge in [-0.3, -0.25) is 18.6 Å². The molecule has 0 saturated carbocycles. The van der Waals surface area contributed by atoms with Crippen LogP contribution >= 0.6 is 7.82 Å². The lowest BCUT2D eigenvalue weighted by Crippen LogP contribution is -2.43. The minimum Gasteiger partial charge on any atom is -0.462 e. The molecular formula is C50H95NO12P+. The van der Waals surface area contributed by atoms with Crippen molar-refractivity contribution in [3.63, 3.8) is 0 Å². The number of allylic oxidation sites excluding steroid dienone is 2. The molecule has 0 aromatic rings. The van der Waals surface area contributed by atoms with E-state index >= 15 is 0 Å². The Hall–Kier alpha value is -1.67. The average Bonchev–Trinajstić information content (AvgIpc) is 3.23. The van der Waals surface area contributed by atoms with Gasteiger partial charge in [0, 0.05) is 25.2 Å². The summed E-state index contributed by atoms with van der Waals surface area (Å²) in [5.74, 6) is -1.30. The second kappa shape index (κ2) is 38.3. The molecule has 14 heteroatoms. The molecule has 1 rings (SSSR count). The number of carbonyl (C=O) groups is 2. The van der Waals surface area contributed by atoms with E-state index in [4.69, 9.17) is 23.3 Å². The Bertz CT molecular complexity index is 1260. The van der Waals surface area contributed by atoms with Gasteiger partial charge >= 0.3 is 19.8 Å². The fourth-order valence-corrected chi connectivity index (χ4v) is 8.44. The molecule has 0 bridgehead atoms. The molecule has 64 heavy (non-hydrogen) atoms. The first-order valence-electron chi connectivity index (χ1n) is 25.5. The Balaban J connectivity index is 2.44. The summed E-state index contributed by atoms with van der Waals surface area (Å²) in [6, 6.07) is 0. The maximum absolute atomic E-state index is 12.9. The number of unbranched alkanes of at least 4 members (excludes halogenated alkanes) is 21. The van der Waals surface area contributed by atoms with Crippen molar-refractivity contribution in [1.82, 2.24) is 0 Å². The zero-order valence-corrected chi connectivity index (χ0v) is 42.0. The first kappa shape index (κ1) is 60.3. The predicted molar refractivity (Wildman–Crippen MR) is 255 cm³/mol. The van der Waals surface area contributed by atoms with Crippen molar-refractivity contribution >= 4 is 19.8 Å². The van der Waals surface area contributed by atoms with Crippen LogP contribution < -0.4 is 0 Å². The van der Waals surface area contributed by atoms with Gasteiger partial charge in [-0.15, -0.1) is 0 Å². The summed E-state index contributed by atoms with van der Waals surface area (Å²) in [6.07, 6.45) is 32.7. The molecule has 0 radical (unpaired) electrons. The Morgan fingerprint density at radius 1 is 0.719 bits per heavy atom. The highest BCUT2D eigenvalue weighted by Crippen LogP contribution is 2.43. The fourth-order valence-electron chi connectivity index (χ4n) is 7.70. The van der Waals surface area contributed by atoms with Crippen LogP contribution in [0, 0.1) is 5.92 Å². The number of nitrogens with zero attached hydrogens (tertiary/aromatic N) is 1. The molecule has 1 aliphatic heterocycles. The van der Waals surface area contributed by atoms with Crippen LogP contribution in [-0.2, 0) is 37.4 Å². The van der Waals surface area contributed by atoms with E-state index in [-0.39, 0.29) is 38.4 Å². The van der Waals surface area contributed by atoms with Gasteiger partial charge in [-0.1, -0.05) is 173 Å². The maximum atomic E-state index is 12.9. The van der Waals surface area contributed by atoms with E-state index in [2.05, 4.69) is 13.8 Å². The number of phosphoric acid groups is 1. The summed E-state index contributed by atoms with van der Waals surface area (Å²) in [6.45, 7) is 4.03. The van der Waals surface area contributed by atoms with Crippen LogP contribution in [0.4, 0.5) is 0 Å². The minimum atomic E-state index is -4.46. The standard InChI is InChI=1S/C50H94NO12P/c1-6-8-10-11-12-13-14-15-16-17-18-19-20-21-22-23-24-25-30-34-48(54)59-41-44(42-61-64(57,58)60-39-38-51(3,4)5)62-49(55)35-31-27-26-29-33-45-46(53)40-50(56)63-47(45)37-36-43(52)32-28-9-7-2/h26,29,36-37,43-47,50,52-53,56H,6-25,27-28,30-35,38-42H2,1-5H3/p+1/b29-26-,37-36+/t43-,44+,45-,46-,47+,50?/m0/s1. The molecule has 0 amide bonds. The van der Waals surface area contributed by atoms with Gasteiger partial charge in [-0.05, 0) is 32.1 Å². The number of aliphatic hydroxyl groups excluding tert-OH is 3. The van der Waals surface area contributed by atoms with Crippen molar-refractivity contribution in [2.24, 2.45) is 5.92 Å².